The summed E-state index contributed by atoms with van der Waals surface area (Å²) in [5.74, 6) is -0.0685. The summed E-state index contributed by atoms with van der Waals surface area (Å²) in [5.41, 5.74) is 5.04. The molecule has 0 atom stereocenters. The van der Waals surface area contributed by atoms with Crippen molar-refractivity contribution in [3.8, 4) is 28.7 Å². The van der Waals surface area contributed by atoms with Crippen LogP contribution in [0.25, 0.3) is 11.1 Å². The molecule has 0 radical (unpaired) electrons. The van der Waals surface area contributed by atoms with Gasteiger partial charge in [0.15, 0.2) is 6.61 Å². The first kappa shape index (κ1) is 21.5. The van der Waals surface area contributed by atoms with E-state index < -0.39 is 12.5 Å². The summed E-state index contributed by atoms with van der Waals surface area (Å²) in [7, 11) is 0. The van der Waals surface area contributed by atoms with Crippen LogP contribution in [0.15, 0.2) is 77.9 Å². The lowest BCUT2D eigenvalue weighted by Gasteiger charge is -2.08. The van der Waals surface area contributed by atoms with Gasteiger partial charge in [-0.2, -0.15) is 19.1 Å². The number of carbonyl (C=O) groups is 1. The fourth-order valence-electron chi connectivity index (χ4n) is 2.63. The minimum Gasteiger partial charge on any atom is -0.484 e. The zero-order valence-electron chi connectivity index (χ0n) is 16.2. The van der Waals surface area contributed by atoms with Gasteiger partial charge in [-0.1, -0.05) is 36.4 Å². The molecule has 6 nitrogen and oxygen atoms in total. The maximum Gasteiger partial charge on any atom is 0.387 e. The number of ether oxygens (including phenoxy) is 2. The number of nitrogens with one attached hydrogen (secondary N) is 1. The van der Waals surface area contributed by atoms with Gasteiger partial charge in [0, 0.05) is 5.56 Å². The lowest BCUT2D eigenvalue weighted by atomic mass is 10.0. The molecule has 0 bridgehead atoms. The van der Waals surface area contributed by atoms with Crippen molar-refractivity contribution in [1.82, 2.24) is 5.43 Å². The Kier molecular flexibility index (Phi) is 7.27. The summed E-state index contributed by atoms with van der Waals surface area (Å²) in [5, 5.41) is 12.6. The van der Waals surface area contributed by atoms with Crippen LogP contribution >= 0.6 is 0 Å². The Morgan fingerprint density at radius 1 is 1.03 bits per heavy atom. The number of rotatable bonds is 8. The van der Waals surface area contributed by atoms with E-state index in [9.17, 15) is 13.6 Å². The monoisotopic (exact) mass is 421 g/mol. The maximum absolute atomic E-state index is 12.4. The van der Waals surface area contributed by atoms with Crippen LogP contribution in [0.4, 0.5) is 8.78 Å². The van der Waals surface area contributed by atoms with Crippen LogP contribution in [0.3, 0.4) is 0 Å². The number of amides is 1. The van der Waals surface area contributed by atoms with E-state index in [1.165, 1.54) is 18.3 Å². The molecule has 0 fully saturated rings. The summed E-state index contributed by atoms with van der Waals surface area (Å²) >= 11 is 0. The van der Waals surface area contributed by atoms with E-state index in [0.29, 0.717) is 16.9 Å². The van der Waals surface area contributed by atoms with Crippen LogP contribution < -0.4 is 14.9 Å². The predicted octanol–water partition coefficient (Wildman–Crippen LogP) is 4.36. The number of carbonyl (C=O) groups excluding carboxylic acids is 1. The Balaban J connectivity index is 1.51. The normalized spacial score (nSPS) is 10.6. The fraction of sp³-hybridized carbons (Fsp3) is 0.0870. The van der Waals surface area contributed by atoms with Crippen molar-refractivity contribution >= 4 is 12.1 Å². The molecule has 3 aromatic rings. The lowest BCUT2D eigenvalue weighted by Crippen LogP contribution is -2.24. The fourth-order valence-corrected chi connectivity index (χ4v) is 2.63. The van der Waals surface area contributed by atoms with Crippen LogP contribution in [-0.4, -0.2) is 25.3 Å². The van der Waals surface area contributed by atoms with Crippen LogP contribution in [0.5, 0.6) is 11.5 Å². The van der Waals surface area contributed by atoms with Gasteiger partial charge < -0.3 is 9.47 Å². The van der Waals surface area contributed by atoms with Gasteiger partial charge in [0.2, 0.25) is 0 Å². The summed E-state index contributed by atoms with van der Waals surface area (Å²) in [6.07, 6.45) is 1.21. The van der Waals surface area contributed by atoms with Gasteiger partial charge in [-0.25, -0.2) is 5.43 Å². The predicted molar refractivity (Wildman–Crippen MR) is 111 cm³/mol. The SMILES string of the molecule is N#Cc1ccc(-c2ccc(OCC(=O)N/N=C/c3ccccc3OC(F)F)cc2)cc1. The largest absolute Gasteiger partial charge is 0.484 e. The van der Waals surface area contributed by atoms with Crippen molar-refractivity contribution in [2.24, 2.45) is 5.10 Å². The number of nitriles is 1. The number of hydrogen-bond acceptors (Lipinski definition) is 5. The molecular weight excluding hydrogens is 404 g/mol. The van der Waals surface area contributed by atoms with Gasteiger partial charge >= 0.3 is 6.61 Å². The van der Waals surface area contributed by atoms with Crippen molar-refractivity contribution in [2.75, 3.05) is 6.61 Å². The summed E-state index contributed by atoms with van der Waals surface area (Å²) < 4.78 is 34.6. The molecule has 0 aromatic heterocycles. The number of nitrogens with zero attached hydrogens (tertiary/aromatic N) is 2. The smallest absolute Gasteiger partial charge is 0.387 e. The maximum atomic E-state index is 12.4. The van der Waals surface area contributed by atoms with E-state index >= 15 is 0 Å². The standard InChI is InChI=1S/C23H17F2N3O3/c24-23(25)31-21-4-2-1-3-19(21)14-27-28-22(29)15-30-20-11-9-18(10-12-20)17-7-5-16(13-26)6-8-17/h1-12,14,23H,15H2,(H,28,29)/b27-14+. The van der Waals surface area contributed by atoms with E-state index in [0.717, 1.165) is 11.1 Å². The van der Waals surface area contributed by atoms with Gasteiger partial charge in [0.05, 0.1) is 17.8 Å². The average Bonchev–Trinajstić information content (AvgIpc) is 2.79. The molecule has 3 aromatic carbocycles. The molecule has 0 saturated carbocycles. The molecule has 0 aliphatic heterocycles. The van der Waals surface area contributed by atoms with Crippen molar-refractivity contribution in [1.29, 1.82) is 5.26 Å². The van der Waals surface area contributed by atoms with Crippen LogP contribution in [-0.2, 0) is 4.79 Å². The summed E-state index contributed by atoms with van der Waals surface area (Å²) in [4.78, 5) is 11.9. The molecule has 0 saturated heterocycles. The van der Waals surface area contributed by atoms with E-state index in [1.807, 2.05) is 24.3 Å². The second kappa shape index (κ2) is 10.5. The Bertz CT molecular complexity index is 1090. The first-order valence-corrected chi connectivity index (χ1v) is 9.14. The quantitative estimate of drug-likeness (QED) is 0.433. The molecule has 0 aliphatic rings. The van der Waals surface area contributed by atoms with E-state index in [-0.39, 0.29) is 12.4 Å². The average molecular weight is 421 g/mol. The van der Waals surface area contributed by atoms with Crippen molar-refractivity contribution in [3.63, 3.8) is 0 Å². The third-order valence-corrected chi connectivity index (χ3v) is 4.10. The molecule has 0 unspecified atom stereocenters. The lowest BCUT2D eigenvalue weighted by molar-refractivity contribution is -0.123. The molecule has 3 rings (SSSR count). The van der Waals surface area contributed by atoms with Gasteiger partial charge in [0.1, 0.15) is 11.5 Å². The molecular formula is C23H17F2N3O3. The highest BCUT2D eigenvalue weighted by Gasteiger charge is 2.08. The third kappa shape index (κ3) is 6.37. The van der Waals surface area contributed by atoms with E-state index in [1.54, 1.807) is 36.4 Å². The van der Waals surface area contributed by atoms with Gasteiger partial charge in [-0.3, -0.25) is 4.79 Å². The molecule has 8 heteroatoms. The first-order chi connectivity index (χ1) is 15.0. The Morgan fingerprint density at radius 3 is 2.32 bits per heavy atom. The Hall–Kier alpha value is -4.25. The van der Waals surface area contributed by atoms with Crippen LogP contribution in [0, 0.1) is 11.3 Å². The van der Waals surface area contributed by atoms with Crippen LogP contribution in [0.1, 0.15) is 11.1 Å². The number of alkyl halides is 2. The molecule has 156 valence electrons. The highest BCUT2D eigenvalue weighted by Crippen LogP contribution is 2.23. The number of para-hydroxylation sites is 1. The van der Waals surface area contributed by atoms with E-state index in [4.69, 9.17) is 10.00 Å². The number of hydrazone groups is 1. The number of hydrogen-bond donors (Lipinski definition) is 1. The number of benzene rings is 3. The Morgan fingerprint density at radius 2 is 1.68 bits per heavy atom. The molecule has 31 heavy (non-hydrogen) atoms. The van der Waals surface area contributed by atoms with E-state index in [2.05, 4.69) is 21.3 Å². The summed E-state index contributed by atoms with van der Waals surface area (Å²) in [6, 6.07) is 22.5. The summed E-state index contributed by atoms with van der Waals surface area (Å²) in [6.45, 7) is -3.23. The topological polar surface area (TPSA) is 83.7 Å². The van der Waals surface area contributed by atoms with Crippen LogP contribution in [0.2, 0.25) is 0 Å². The zero-order valence-corrected chi connectivity index (χ0v) is 16.2. The number of halogens is 2. The highest BCUT2D eigenvalue weighted by molar-refractivity contribution is 5.85. The Labute approximate surface area is 177 Å². The van der Waals surface area contributed by atoms with Crippen molar-refractivity contribution in [2.45, 2.75) is 6.61 Å². The van der Waals surface area contributed by atoms with Gasteiger partial charge in [-0.05, 0) is 47.5 Å². The van der Waals surface area contributed by atoms with Gasteiger partial charge in [0.25, 0.3) is 5.91 Å². The first-order valence-electron chi connectivity index (χ1n) is 9.14. The minimum atomic E-state index is -2.96. The second-order valence-corrected chi connectivity index (χ2v) is 6.21. The third-order valence-electron chi connectivity index (χ3n) is 4.10. The van der Waals surface area contributed by atoms with Gasteiger partial charge in [-0.15, -0.1) is 0 Å². The zero-order chi connectivity index (χ0) is 22.1. The second-order valence-electron chi connectivity index (χ2n) is 6.21. The molecule has 1 amide bonds. The molecule has 0 heterocycles. The van der Waals surface area contributed by atoms with Crippen molar-refractivity contribution < 1.29 is 23.0 Å². The minimum absolute atomic E-state index is 0.0471. The molecule has 1 N–H and O–H groups in total. The highest BCUT2D eigenvalue weighted by atomic mass is 19.3. The van der Waals surface area contributed by atoms with Crippen molar-refractivity contribution in [3.05, 3.63) is 83.9 Å². The molecule has 0 spiro atoms. The molecule has 0 aliphatic carbocycles.